The van der Waals surface area contributed by atoms with E-state index in [9.17, 15) is 4.39 Å². The number of rotatable bonds is 5. The number of fused-ring (bicyclic) bond motifs is 2. The molecule has 0 spiro atoms. The van der Waals surface area contributed by atoms with Gasteiger partial charge in [0.2, 0.25) is 0 Å². The topological polar surface area (TPSA) is 33.7 Å². The highest BCUT2D eigenvalue weighted by molar-refractivity contribution is 5.69. The Morgan fingerprint density at radius 2 is 2.00 bits per heavy atom. The zero-order valence-corrected chi connectivity index (χ0v) is 16.8. The lowest BCUT2D eigenvalue weighted by Crippen LogP contribution is -2.41. The van der Waals surface area contributed by atoms with Crippen molar-refractivity contribution in [3.05, 3.63) is 52.8 Å². The molecule has 28 heavy (non-hydrogen) atoms. The maximum Gasteiger partial charge on any atom is 0.143 e. The maximum atomic E-state index is 13.2. The van der Waals surface area contributed by atoms with E-state index in [2.05, 4.69) is 30.1 Å². The number of anilines is 1. The van der Waals surface area contributed by atoms with E-state index in [0.29, 0.717) is 12.4 Å². The minimum Gasteiger partial charge on any atom is -0.490 e. The summed E-state index contributed by atoms with van der Waals surface area (Å²) in [5.41, 5.74) is 5.44. The van der Waals surface area contributed by atoms with Gasteiger partial charge in [0.1, 0.15) is 30.0 Å². The summed E-state index contributed by atoms with van der Waals surface area (Å²) < 4.78 is 25.4. The molecule has 0 aliphatic carbocycles. The van der Waals surface area contributed by atoms with Gasteiger partial charge in [-0.25, -0.2) is 4.39 Å². The number of nitrogens with one attached hydrogen (secondary N) is 1. The SMILES string of the molecule is CCC(CN1CCOc2cc3c(c(C)c21)CCNCC3)Oc1ccc(F)cc1. The van der Waals surface area contributed by atoms with Crippen molar-refractivity contribution in [2.24, 2.45) is 0 Å². The summed E-state index contributed by atoms with van der Waals surface area (Å²) in [5, 5.41) is 3.49. The summed E-state index contributed by atoms with van der Waals surface area (Å²) in [4.78, 5) is 2.41. The lowest BCUT2D eigenvalue weighted by molar-refractivity contribution is 0.196. The Hall–Kier alpha value is -2.27. The molecule has 2 aromatic carbocycles. The van der Waals surface area contributed by atoms with E-state index in [0.717, 1.165) is 51.2 Å². The molecule has 2 aliphatic heterocycles. The van der Waals surface area contributed by atoms with Crippen LogP contribution in [0.4, 0.5) is 10.1 Å². The third kappa shape index (κ3) is 3.95. The molecule has 2 aromatic rings. The van der Waals surface area contributed by atoms with E-state index in [1.807, 2.05) is 0 Å². The second-order valence-corrected chi connectivity index (χ2v) is 7.63. The predicted molar refractivity (Wildman–Crippen MR) is 110 cm³/mol. The van der Waals surface area contributed by atoms with Crippen LogP contribution in [0.25, 0.3) is 0 Å². The molecule has 0 bridgehead atoms. The first kappa shape index (κ1) is 19.1. The van der Waals surface area contributed by atoms with Crippen molar-refractivity contribution in [3.8, 4) is 11.5 Å². The molecule has 5 heteroatoms. The molecule has 0 saturated carbocycles. The Morgan fingerprint density at radius 3 is 2.79 bits per heavy atom. The molecule has 1 unspecified atom stereocenters. The van der Waals surface area contributed by atoms with Gasteiger partial charge in [-0.05, 0) is 86.3 Å². The number of hydrogen-bond donors (Lipinski definition) is 1. The molecule has 4 nitrogen and oxygen atoms in total. The van der Waals surface area contributed by atoms with Crippen LogP contribution in [0.5, 0.6) is 11.5 Å². The smallest absolute Gasteiger partial charge is 0.143 e. The molecule has 150 valence electrons. The van der Waals surface area contributed by atoms with Gasteiger partial charge >= 0.3 is 0 Å². The molecule has 1 atom stereocenters. The van der Waals surface area contributed by atoms with E-state index in [1.54, 1.807) is 12.1 Å². The summed E-state index contributed by atoms with van der Waals surface area (Å²) in [6, 6.07) is 8.53. The van der Waals surface area contributed by atoms with E-state index in [1.165, 1.54) is 34.5 Å². The molecular weight excluding hydrogens is 355 g/mol. The highest BCUT2D eigenvalue weighted by Crippen LogP contribution is 2.39. The lowest BCUT2D eigenvalue weighted by atomic mass is 9.94. The van der Waals surface area contributed by atoms with Gasteiger partial charge < -0.3 is 19.7 Å². The van der Waals surface area contributed by atoms with E-state index in [-0.39, 0.29) is 11.9 Å². The number of halogens is 1. The van der Waals surface area contributed by atoms with Gasteiger partial charge in [-0.15, -0.1) is 0 Å². The van der Waals surface area contributed by atoms with E-state index in [4.69, 9.17) is 9.47 Å². The molecule has 0 amide bonds. The summed E-state index contributed by atoms with van der Waals surface area (Å²) in [6.07, 6.45) is 3.04. The summed E-state index contributed by atoms with van der Waals surface area (Å²) in [7, 11) is 0. The maximum absolute atomic E-state index is 13.2. The fourth-order valence-electron chi connectivity index (χ4n) is 4.28. The van der Waals surface area contributed by atoms with Gasteiger partial charge in [-0.2, -0.15) is 0 Å². The molecular formula is C23H29FN2O2. The molecule has 0 radical (unpaired) electrons. The van der Waals surface area contributed by atoms with E-state index >= 15 is 0 Å². The van der Waals surface area contributed by atoms with Gasteiger partial charge in [-0.1, -0.05) is 6.92 Å². The lowest BCUT2D eigenvalue weighted by Gasteiger charge is -2.36. The molecule has 0 fully saturated rings. The molecule has 2 heterocycles. The van der Waals surface area contributed by atoms with Crippen molar-refractivity contribution < 1.29 is 13.9 Å². The Morgan fingerprint density at radius 1 is 1.21 bits per heavy atom. The van der Waals surface area contributed by atoms with Gasteiger partial charge in [0.25, 0.3) is 0 Å². The van der Waals surface area contributed by atoms with Gasteiger partial charge in [0.15, 0.2) is 0 Å². The van der Waals surface area contributed by atoms with Crippen molar-refractivity contribution in [3.63, 3.8) is 0 Å². The monoisotopic (exact) mass is 384 g/mol. The Balaban J connectivity index is 1.58. The minimum atomic E-state index is -0.242. The third-order valence-electron chi connectivity index (χ3n) is 5.79. The van der Waals surface area contributed by atoms with Crippen LogP contribution in [0.1, 0.15) is 30.0 Å². The Bertz CT molecular complexity index is 822. The van der Waals surface area contributed by atoms with Crippen LogP contribution in [0.3, 0.4) is 0 Å². The van der Waals surface area contributed by atoms with E-state index < -0.39 is 0 Å². The van der Waals surface area contributed by atoms with Gasteiger partial charge in [0, 0.05) is 0 Å². The number of hydrogen-bond acceptors (Lipinski definition) is 4. The number of ether oxygens (including phenoxy) is 2. The first-order chi connectivity index (χ1) is 13.7. The molecule has 0 aromatic heterocycles. The summed E-state index contributed by atoms with van der Waals surface area (Å²) in [5.74, 6) is 1.47. The van der Waals surface area contributed by atoms with Crippen molar-refractivity contribution in [1.29, 1.82) is 0 Å². The fourth-order valence-corrected chi connectivity index (χ4v) is 4.28. The van der Waals surface area contributed by atoms with Crippen molar-refractivity contribution in [1.82, 2.24) is 5.32 Å². The predicted octanol–water partition coefficient (Wildman–Crippen LogP) is 3.88. The van der Waals surface area contributed by atoms with Crippen LogP contribution >= 0.6 is 0 Å². The normalized spacial score (nSPS) is 17.2. The van der Waals surface area contributed by atoms with Crippen LogP contribution in [-0.4, -0.2) is 38.9 Å². The minimum absolute atomic E-state index is 0.0382. The molecule has 2 aliphatic rings. The average Bonchev–Trinajstić information content (AvgIpc) is 2.95. The van der Waals surface area contributed by atoms with Crippen LogP contribution < -0.4 is 19.7 Å². The van der Waals surface area contributed by atoms with Crippen molar-refractivity contribution in [2.45, 2.75) is 39.2 Å². The first-order valence-corrected chi connectivity index (χ1v) is 10.3. The number of benzene rings is 2. The van der Waals surface area contributed by atoms with Crippen LogP contribution in [0.2, 0.25) is 0 Å². The van der Waals surface area contributed by atoms with Crippen molar-refractivity contribution >= 4 is 5.69 Å². The highest BCUT2D eigenvalue weighted by Gasteiger charge is 2.26. The quantitative estimate of drug-likeness (QED) is 0.848. The highest BCUT2D eigenvalue weighted by atomic mass is 19.1. The Labute approximate surface area is 166 Å². The summed E-state index contributed by atoms with van der Waals surface area (Å²) in [6.45, 7) is 8.75. The second kappa shape index (κ2) is 8.39. The molecule has 4 rings (SSSR count). The molecule has 0 saturated heterocycles. The standard InChI is InChI=1S/C23H29FN2O2/c1-3-19(28-20-6-4-18(24)5-7-20)15-26-12-13-27-22-14-17-8-10-25-11-9-21(17)16(2)23(22)26/h4-7,14,19,25H,3,8-13,15H2,1-2H3. The Kier molecular flexibility index (Phi) is 5.72. The summed E-state index contributed by atoms with van der Waals surface area (Å²) >= 11 is 0. The first-order valence-electron chi connectivity index (χ1n) is 10.3. The van der Waals surface area contributed by atoms with Crippen LogP contribution in [-0.2, 0) is 12.8 Å². The number of nitrogens with zero attached hydrogens (tertiary/aromatic N) is 1. The van der Waals surface area contributed by atoms with Crippen LogP contribution in [0, 0.1) is 12.7 Å². The average molecular weight is 384 g/mol. The third-order valence-corrected chi connectivity index (χ3v) is 5.79. The van der Waals surface area contributed by atoms with Crippen molar-refractivity contribution in [2.75, 3.05) is 37.7 Å². The van der Waals surface area contributed by atoms with Gasteiger partial charge in [-0.3, -0.25) is 0 Å². The van der Waals surface area contributed by atoms with Gasteiger partial charge in [0.05, 0.1) is 18.8 Å². The van der Waals surface area contributed by atoms with Crippen LogP contribution in [0.15, 0.2) is 30.3 Å². The zero-order valence-electron chi connectivity index (χ0n) is 16.8. The fraction of sp³-hybridized carbons (Fsp3) is 0.478. The zero-order chi connectivity index (χ0) is 19.5. The molecule has 1 N–H and O–H groups in total. The second-order valence-electron chi connectivity index (χ2n) is 7.63. The largest absolute Gasteiger partial charge is 0.490 e.